The molecular weight excluding hydrogens is 122 g/mol. The fourth-order valence-corrected chi connectivity index (χ4v) is 1.42. The molecule has 1 fully saturated rings. The second kappa shape index (κ2) is 4.51. The van der Waals surface area contributed by atoms with Crippen LogP contribution in [0.2, 0.25) is 0 Å². The molecule has 0 N–H and O–H groups in total. The van der Waals surface area contributed by atoms with Crippen molar-refractivity contribution < 1.29 is 0 Å². The number of hydrogen-bond donors (Lipinski definition) is 0. The van der Waals surface area contributed by atoms with Gasteiger partial charge in [-0.3, -0.25) is 0 Å². The third kappa shape index (κ3) is 2.53. The van der Waals surface area contributed by atoms with Gasteiger partial charge in [0, 0.05) is 6.54 Å². The highest BCUT2D eigenvalue weighted by Gasteiger charge is 2.07. The predicted octanol–water partition coefficient (Wildman–Crippen LogP) is 1.85. The van der Waals surface area contributed by atoms with Gasteiger partial charge in [0.05, 0.1) is 0 Å². The maximum Gasteiger partial charge on any atom is 0.00217 e. The van der Waals surface area contributed by atoms with Gasteiger partial charge in [0.2, 0.25) is 0 Å². The lowest BCUT2D eigenvalue weighted by Gasteiger charge is -2.25. The summed E-state index contributed by atoms with van der Waals surface area (Å²) in [5.74, 6) is 0. The average Bonchev–Trinajstić information content (AvgIpc) is 2.03. The highest BCUT2D eigenvalue weighted by molar-refractivity contribution is 4.66. The van der Waals surface area contributed by atoms with Crippen molar-refractivity contribution in [2.75, 3.05) is 19.6 Å². The van der Waals surface area contributed by atoms with Gasteiger partial charge in [-0.1, -0.05) is 19.1 Å². The van der Waals surface area contributed by atoms with Gasteiger partial charge in [0.15, 0.2) is 0 Å². The monoisotopic (exact) mass is 138 g/mol. The normalized spacial score (nSPS) is 20.8. The molecule has 0 aromatic heterocycles. The Labute approximate surface area is 63.7 Å². The van der Waals surface area contributed by atoms with Crippen molar-refractivity contribution in [3.8, 4) is 0 Å². The first-order chi connectivity index (χ1) is 4.93. The minimum absolute atomic E-state index is 1.03. The van der Waals surface area contributed by atoms with Crippen molar-refractivity contribution in [3.05, 3.63) is 12.7 Å². The molecule has 1 aliphatic heterocycles. The highest BCUT2D eigenvalue weighted by atomic mass is 15.1. The van der Waals surface area contributed by atoms with Crippen LogP contribution in [-0.4, -0.2) is 24.5 Å². The maximum absolute atomic E-state index is 3.59. The van der Waals surface area contributed by atoms with Crippen LogP contribution in [0.15, 0.2) is 6.58 Å². The van der Waals surface area contributed by atoms with E-state index < -0.39 is 0 Å². The molecule has 0 unspecified atom stereocenters. The minimum atomic E-state index is 1.03. The van der Waals surface area contributed by atoms with Crippen LogP contribution in [0.4, 0.5) is 0 Å². The van der Waals surface area contributed by atoms with E-state index in [1.54, 1.807) is 0 Å². The molecule has 1 radical (unpaired) electrons. The molecule has 0 aliphatic carbocycles. The van der Waals surface area contributed by atoms with Gasteiger partial charge in [-0.15, -0.1) is 0 Å². The van der Waals surface area contributed by atoms with Crippen molar-refractivity contribution in [3.63, 3.8) is 0 Å². The molecule has 10 heavy (non-hydrogen) atoms. The van der Waals surface area contributed by atoms with Crippen molar-refractivity contribution in [2.45, 2.75) is 25.7 Å². The predicted molar refractivity (Wildman–Crippen MR) is 43.8 cm³/mol. The summed E-state index contributed by atoms with van der Waals surface area (Å²) in [5, 5.41) is 0. The molecular formula is C9H16N. The van der Waals surface area contributed by atoms with Crippen LogP contribution in [0, 0.1) is 6.08 Å². The molecule has 1 nitrogen and oxygen atoms in total. The molecule has 1 rings (SSSR count). The first kappa shape index (κ1) is 7.80. The number of likely N-dealkylation sites (tertiary alicyclic amines) is 1. The summed E-state index contributed by atoms with van der Waals surface area (Å²) in [7, 11) is 0. The Kier molecular flexibility index (Phi) is 3.52. The summed E-state index contributed by atoms with van der Waals surface area (Å²) in [6.07, 6.45) is 8.15. The Hall–Kier alpha value is -0.300. The van der Waals surface area contributed by atoms with E-state index >= 15 is 0 Å². The van der Waals surface area contributed by atoms with Gasteiger partial charge >= 0.3 is 0 Å². The van der Waals surface area contributed by atoms with E-state index in [1.165, 1.54) is 38.9 Å². The third-order valence-electron chi connectivity index (χ3n) is 2.05. The van der Waals surface area contributed by atoms with Crippen molar-refractivity contribution >= 4 is 0 Å². The molecule has 1 aliphatic rings. The molecule has 1 heterocycles. The van der Waals surface area contributed by atoms with Crippen LogP contribution in [0.3, 0.4) is 0 Å². The van der Waals surface area contributed by atoms with Crippen molar-refractivity contribution in [1.29, 1.82) is 0 Å². The van der Waals surface area contributed by atoms with Crippen LogP contribution < -0.4 is 0 Å². The summed E-state index contributed by atoms with van der Waals surface area (Å²) in [6, 6.07) is 0. The summed E-state index contributed by atoms with van der Waals surface area (Å²) in [6.45, 7) is 7.35. The lowest BCUT2D eigenvalue weighted by Crippen LogP contribution is -2.30. The molecule has 57 valence electrons. The highest BCUT2D eigenvalue weighted by Crippen LogP contribution is 2.08. The molecule has 0 aromatic carbocycles. The van der Waals surface area contributed by atoms with E-state index in [0.29, 0.717) is 0 Å². The first-order valence-electron chi connectivity index (χ1n) is 4.16. The zero-order chi connectivity index (χ0) is 7.23. The van der Waals surface area contributed by atoms with Crippen LogP contribution in [0.1, 0.15) is 25.7 Å². The molecule has 0 spiro atoms. The number of nitrogens with zero attached hydrogens (tertiary/aromatic N) is 1. The SMILES string of the molecule is C=[C]CCN1CCCCC1. The van der Waals surface area contributed by atoms with Gasteiger partial charge < -0.3 is 4.90 Å². The smallest absolute Gasteiger partial charge is 0.00217 e. The zero-order valence-electron chi connectivity index (χ0n) is 6.60. The number of piperidine rings is 1. The number of hydrogen-bond acceptors (Lipinski definition) is 1. The Bertz CT molecular complexity index is 92.9. The molecule has 0 bridgehead atoms. The standard InChI is InChI=1S/C9H16N/c1-2-3-7-10-8-5-4-6-9-10/h1,3-9H2. The second-order valence-corrected chi connectivity index (χ2v) is 2.90. The van der Waals surface area contributed by atoms with Gasteiger partial charge in [0.1, 0.15) is 0 Å². The van der Waals surface area contributed by atoms with E-state index in [9.17, 15) is 0 Å². The van der Waals surface area contributed by atoms with E-state index in [1.807, 2.05) is 0 Å². The molecule has 0 aromatic rings. The molecule has 0 amide bonds. The van der Waals surface area contributed by atoms with Gasteiger partial charge in [-0.2, -0.15) is 0 Å². The van der Waals surface area contributed by atoms with Gasteiger partial charge in [-0.05, 0) is 32.4 Å². The quantitative estimate of drug-likeness (QED) is 0.575. The average molecular weight is 138 g/mol. The van der Waals surface area contributed by atoms with E-state index in [-0.39, 0.29) is 0 Å². The largest absolute Gasteiger partial charge is 0.303 e. The summed E-state index contributed by atoms with van der Waals surface area (Å²) >= 11 is 0. The Morgan fingerprint density at radius 3 is 2.50 bits per heavy atom. The van der Waals surface area contributed by atoms with Crippen LogP contribution in [-0.2, 0) is 0 Å². The van der Waals surface area contributed by atoms with Crippen LogP contribution in [0.25, 0.3) is 0 Å². The Balaban J connectivity index is 2.07. The zero-order valence-corrected chi connectivity index (χ0v) is 6.60. The first-order valence-corrected chi connectivity index (χ1v) is 4.16. The van der Waals surface area contributed by atoms with Gasteiger partial charge in [0.25, 0.3) is 0 Å². The maximum atomic E-state index is 3.59. The fourth-order valence-electron chi connectivity index (χ4n) is 1.42. The topological polar surface area (TPSA) is 3.24 Å². The minimum Gasteiger partial charge on any atom is -0.303 e. The van der Waals surface area contributed by atoms with Crippen molar-refractivity contribution in [2.24, 2.45) is 0 Å². The Morgan fingerprint density at radius 1 is 1.20 bits per heavy atom. The van der Waals surface area contributed by atoms with E-state index in [4.69, 9.17) is 0 Å². The molecule has 0 atom stereocenters. The fraction of sp³-hybridized carbons (Fsp3) is 0.778. The summed E-state index contributed by atoms with van der Waals surface area (Å²) in [5.41, 5.74) is 0. The lowest BCUT2D eigenvalue weighted by atomic mass is 10.1. The number of rotatable bonds is 3. The summed E-state index contributed by atoms with van der Waals surface area (Å²) in [4.78, 5) is 2.50. The van der Waals surface area contributed by atoms with Crippen LogP contribution >= 0.6 is 0 Å². The molecule has 1 heteroatoms. The molecule has 1 saturated heterocycles. The lowest BCUT2D eigenvalue weighted by molar-refractivity contribution is 0.232. The van der Waals surface area contributed by atoms with E-state index in [0.717, 1.165) is 6.42 Å². The Morgan fingerprint density at radius 2 is 1.90 bits per heavy atom. The van der Waals surface area contributed by atoms with E-state index in [2.05, 4.69) is 17.6 Å². The second-order valence-electron chi connectivity index (χ2n) is 2.90. The third-order valence-corrected chi connectivity index (χ3v) is 2.05. The van der Waals surface area contributed by atoms with Gasteiger partial charge in [-0.25, -0.2) is 0 Å². The van der Waals surface area contributed by atoms with Crippen LogP contribution in [0.5, 0.6) is 0 Å². The summed E-state index contributed by atoms with van der Waals surface area (Å²) < 4.78 is 0. The van der Waals surface area contributed by atoms with Crippen molar-refractivity contribution in [1.82, 2.24) is 4.90 Å². The molecule has 0 saturated carbocycles.